The van der Waals surface area contributed by atoms with Crippen LogP contribution in [0, 0.1) is 11.3 Å². The lowest BCUT2D eigenvalue weighted by atomic mass is 10.1. The van der Waals surface area contributed by atoms with Gasteiger partial charge in [-0.3, -0.25) is 4.90 Å². The van der Waals surface area contributed by atoms with E-state index >= 15 is 0 Å². The Kier molecular flexibility index (Phi) is 4.24. The third kappa shape index (κ3) is 3.10. The molecule has 0 saturated carbocycles. The maximum atomic E-state index is 9.21. The van der Waals surface area contributed by atoms with Crippen LogP contribution < -0.4 is 5.32 Å². The van der Waals surface area contributed by atoms with Crippen molar-refractivity contribution in [3.63, 3.8) is 0 Å². The number of rotatable bonds is 4. The summed E-state index contributed by atoms with van der Waals surface area (Å²) < 4.78 is 5.34. The summed E-state index contributed by atoms with van der Waals surface area (Å²) in [7, 11) is 0. The number of fused-ring (bicyclic) bond motifs is 1. The van der Waals surface area contributed by atoms with Crippen molar-refractivity contribution in [2.75, 3.05) is 44.7 Å². The second-order valence-corrected chi connectivity index (χ2v) is 4.93. The summed E-state index contributed by atoms with van der Waals surface area (Å²) in [5, 5.41) is 21.5. The Morgan fingerprint density at radius 1 is 1.24 bits per heavy atom. The minimum absolute atomic E-state index is 0.343. The number of anilines is 1. The van der Waals surface area contributed by atoms with E-state index in [1.165, 1.54) is 0 Å². The molecule has 1 N–H and O–H groups in total. The zero-order chi connectivity index (χ0) is 14.5. The summed E-state index contributed by atoms with van der Waals surface area (Å²) in [6.07, 6.45) is 0. The predicted molar refractivity (Wildman–Crippen MR) is 80.0 cm³/mol. The molecule has 1 aromatic carbocycles. The number of hydrogen-bond acceptors (Lipinski definition) is 6. The topological polar surface area (TPSA) is 74.1 Å². The third-order valence-corrected chi connectivity index (χ3v) is 3.61. The van der Waals surface area contributed by atoms with Crippen LogP contribution in [0.1, 0.15) is 5.69 Å². The summed E-state index contributed by atoms with van der Waals surface area (Å²) in [4.78, 5) is 2.35. The monoisotopic (exact) mass is 283 g/mol. The van der Waals surface area contributed by atoms with Crippen molar-refractivity contribution in [1.29, 1.82) is 5.26 Å². The van der Waals surface area contributed by atoms with Crippen LogP contribution >= 0.6 is 0 Å². The van der Waals surface area contributed by atoms with E-state index in [9.17, 15) is 5.26 Å². The van der Waals surface area contributed by atoms with Gasteiger partial charge < -0.3 is 10.1 Å². The fourth-order valence-corrected chi connectivity index (χ4v) is 2.47. The highest BCUT2D eigenvalue weighted by atomic mass is 16.5. The van der Waals surface area contributed by atoms with E-state index < -0.39 is 0 Å². The van der Waals surface area contributed by atoms with E-state index in [0.29, 0.717) is 5.69 Å². The van der Waals surface area contributed by atoms with Gasteiger partial charge in [-0.25, -0.2) is 0 Å². The van der Waals surface area contributed by atoms with Crippen molar-refractivity contribution < 1.29 is 4.74 Å². The van der Waals surface area contributed by atoms with Crippen molar-refractivity contribution in [3.8, 4) is 6.07 Å². The fraction of sp³-hybridized carbons (Fsp3) is 0.400. The first-order chi connectivity index (χ1) is 10.4. The van der Waals surface area contributed by atoms with Gasteiger partial charge in [0, 0.05) is 31.6 Å². The standard InChI is InChI=1S/C15H17N5O/c16-11-14-15(12-3-1-2-4-13(12)18-19-14)17-5-6-20-7-9-21-10-8-20/h1-4H,5-10H2,(H,17,18). The minimum atomic E-state index is 0.343. The molecule has 0 bridgehead atoms. The Morgan fingerprint density at radius 3 is 2.86 bits per heavy atom. The molecule has 0 spiro atoms. The van der Waals surface area contributed by atoms with Crippen molar-refractivity contribution in [3.05, 3.63) is 30.0 Å². The largest absolute Gasteiger partial charge is 0.381 e. The molecule has 21 heavy (non-hydrogen) atoms. The highest BCUT2D eigenvalue weighted by Gasteiger charge is 2.12. The lowest BCUT2D eigenvalue weighted by Gasteiger charge is -2.26. The summed E-state index contributed by atoms with van der Waals surface area (Å²) in [6.45, 7) is 5.20. The maximum Gasteiger partial charge on any atom is 0.186 e. The van der Waals surface area contributed by atoms with E-state index in [4.69, 9.17) is 4.74 Å². The second kappa shape index (κ2) is 6.48. The van der Waals surface area contributed by atoms with Gasteiger partial charge in [-0.1, -0.05) is 18.2 Å². The van der Waals surface area contributed by atoms with Crippen LogP contribution in [-0.2, 0) is 4.74 Å². The Balaban J connectivity index is 1.74. The first-order valence-electron chi connectivity index (χ1n) is 7.08. The fourth-order valence-electron chi connectivity index (χ4n) is 2.47. The molecule has 6 heteroatoms. The quantitative estimate of drug-likeness (QED) is 0.910. The molecule has 6 nitrogen and oxygen atoms in total. The molecule has 108 valence electrons. The Hall–Kier alpha value is -2.23. The van der Waals surface area contributed by atoms with Crippen LogP contribution in [-0.4, -0.2) is 54.5 Å². The number of benzene rings is 1. The molecule has 0 unspecified atom stereocenters. The van der Waals surface area contributed by atoms with Gasteiger partial charge in [-0.05, 0) is 6.07 Å². The van der Waals surface area contributed by atoms with Gasteiger partial charge in [0.15, 0.2) is 5.69 Å². The van der Waals surface area contributed by atoms with E-state index in [1.807, 2.05) is 24.3 Å². The smallest absolute Gasteiger partial charge is 0.186 e. The average Bonchev–Trinajstić information content (AvgIpc) is 2.56. The van der Waals surface area contributed by atoms with Gasteiger partial charge in [-0.15, -0.1) is 10.2 Å². The number of ether oxygens (including phenoxy) is 1. The molecular weight excluding hydrogens is 266 g/mol. The molecule has 1 saturated heterocycles. The third-order valence-electron chi connectivity index (χ3n) is 3.61. The number of nitriles is 1. The number of nitrogens with one attached hydrogen (secondary N) is 1. The highest BCUT2D eigenvalue weighted by Crippen LogP contribution is 2.23. The van der Waals surface area contributed by atoms with Gasteiger partial charge in [0.25, 0.3) is 0 Å². The Morgan fingerprint density at radius 2 is 2.05 bits per heavy atom. The highest BCUT2D eigenvalue weighted by molar-refractivity contribution is 5.92. The van der Waals surface area contributed by atoms with E-state index in [2.05, 4.69) is 26.5 Å². The van der Waals surface area contributed by atoms with Gasteiger partial charge in [-0.2, -0.15) is 5.26 Å². The van der Waals surface area contributed by atoms with Crippen molar-refractivity contribution in [2.45, 2.75) is 0 Å². The van der Waals surface area contributed by atoms with Crippen LogP contribution in [0.25, 0.3) is 10.9 Å². The average molecular weight is 283 g/mol. The Bertz CT molecular complexity index is 661. The molecule has 0 radical (unpaired) electrons. The lowest BCUT2D eigenvalue weighted by molar-refractivity contribution is 0.0398. The van der Waals surface area contributed by atoms with Crippen molar-refractivity contribution in [1.82, 2.24) is 15.1 Å². The number of hydrogen-bond donors (Lipinski definition) is 1. The van der Waals surface area contributed by atoms with Crippen LogP contribution in [0.2, 0.25) is 0 Å². The molecule has 2 heterocycles. The summed E-state index contributed by atoms with van der Waals surface area (Å²) in [5.41, 5.74) is 1.91. The number of aromatic nitrogens is 2. The molecule has 1 aromatic heterocycles. The molecule has 0 amide bonds. The summed E-state index contributed by atoms with van der Waals surface area (Å²) >= 11 is 0. The van der Waals surface area contributed by atoms with Gasteiger partial charge >= 0.3 is 0 Å². The van der Waals surface area contributed by atoms with Gasteiger partial charge in [0.2, 0.25) is 0 Å². The summed E-state index contributed by atoms with van der Waals surface area (Å²) in [6, 6.07) is 9.83. The van der Waals surface area contributed by atoms with Gasteiger partial charge in [0.05, 0.1) is 24.4 Å². The normalized spacial score (nSPS) is 15.8. The molecule has 2 aromatic rings. The SMILES string of the molecule is N#Cc1nnc2ccccc2c1NCCN1CCOCC1. The molecule has 3 rings (SSSR count). The number of nitrogens with zero attached hydrogens (tertiary/aromatic N) is 4. The van der Waals surface area contributed by atoms with Crippen molar-refractivity contribution >= 4 is 16.6 Å². The van der Waals surface area contributed by atoms with Crippen LogP contribution in [0.3, 0.4) is 0 Å². The molecule has 1 aliphatic rings. The van der Waals surface area contributed by atoms with E-state index in [-0.39, 0.29) is 0 Å². The molecule has 0 atom stereocenters. The summed E-state index contributed by atoms with van der Waals surface area (Å²) in [5.74, 6) is 0. The van der Waals surface area contributed by atoms with Crippen LogP contribution in [0.4, 0.5) is 5.69 Å². The first kappa shape index (κ1) is 13.7. The van der Waals surface area contributed by atoms with Gasteiger partial charge in [0.1, 0.15) is 6.07 Å². The number of morpholine rings is 1. The predicted octanol–water partition coefficient (Wildman–Crippen LogP) is 1.25. The maximum absolute atomic E-state index is 9.21. The minimum Gasteiger partial charge on any atom is -0.381 e. The molecule has 0 aliphatic carbocycles. The molecule has 1 fully saturated rings. The zero-order valence-corrected chi connectivity index (χ0v) is 11.7. The van der Waals surface area contributed by atoms with E-state index in [1.54, 1.807) is 0 Å². The van der Waals surface area contributed by atoms with Crippen LogP contribution in [0.5, 0.6) is 0 Å². The van der Waals surface area contributed by atoms with Crippen molar-refractivity contribution in [2.24, 2.45) is 0 Å². The first-order valence-corrected chi connectivity index (χ1v) is 7.08. The molecular formula is C15H17N5O. The Labute approximate surface area is 123 Å². The van der Waals surface area contributed by atoms with Crippen LogP contribution in [0.15, 0.2) is 24.3 Å². The second-order valence-electron chi connectivity index (χ2n) is 4.93. The zero-order valence-electron chi connectivity index (χ0n) is 11.7. The molecule has 1 aliphatic heterocycles. The van der Waals surface area contributed by atoms with E-state index in [0.717, 1.165) is 56.0 Å². The lowest BCUT2D eigenvalue weighted by Crippen LogP contribution is -2.39.